The number of aromatic nitrogens is 1. The lowest BCUT2D eigenvalue weighted by Gasteiger charge is -2.16. The fourth-order valence-corrected chi connectivity index (χ4v) is 2.50. The molecule has 0 aliphatic heterocycles. The Morgan fingerprint density at radius 3 is 2.70 bits per heavy atom. The van der Waals surface area contributed by atoms with Gasteiger partial charge >= 0.3 is 0 Å². The van der Waals surface area contributed by atoms with Crippen LogP contribution >= 0.6 is 0 Å². The van der Waals surface area contributed by atoms with Gasteiger partial charge < -0.3 is 5.11 Å². The van der Waals surface area contributed by atoms with Crippen molar-refractivity contribution in [2.24, 2.45) is 0 Å². The summed E-state index contributed by atoms with van der Waals surface area (Å²) in [6.07, 6.45) is 1.16. The minimum atomic E-state index is -0.610. The summed E-state index contributed by atoms with van der Waals surface area (Å²) in [5.74, 6) is 0. The molecule has 0 fully saturated rings. The largest absolute Gasteiger partial charge is 0.384 e. The molecule has 3 rings (SSSR count). The van der Waals surface area contributed by atoms with E-state index < -0.39 is 6.10 Å². The van der Waals surface area contributed by atoms with Gasteiger partial charge in [0, 0.05) is 11.6 Å². The number of benzene rings is 2. The molecule has 0 saturated heterocycles. The van der Waals surface area contributed by atoms with E-state index in [1.807, 2.05) is 49.4 Å². The molecule has 1 aromatic heterocycles. The quantitative estimate of drug-likeness (QED) is 0.760. The van der Waals surface area contributed by atoms with Crippen molar-refractivity contribution in [3.8, 4) is 0 Å². The second-order valence-corrected chi connectivity index (χ2v) is 5.15. The molecule has 0 radical (unpaired) electrons. The molecule has 2 heteroatoms. The molecule has 1 atom stereocenters. The van der Waals surface area contributed by atoms with Crippen LogP contribution in [-0.2, 0) is 0 Å². The van der Waals surface area contributed by atoms with Gasteiger partial charge in [-0.1, -0.05) is 36.4 Å². The molecule has 1 heterocycles. The SMILES string of the molecule is Cc1cccc(C(O)c2ccc3cccnc3c2)c1C. The van der Waals surface area contributed by atoms with Crippen molar-refractivity contribution in [2.75, 3.05) is 0 Å². The van der Waals surface area contributed by atoms with E-state index in [1.165, 1.54) is 5.56 Å². The molecule has 100 valence electrons. The minimum Gasteiger partial charge on any atom is -0.384 e. The number of pyridine rings is 1. The zero-order valence-electron chi connectivity index (χ0n) is 11.7. The third-order valence-electron chi connectivity index (χ3n) is 3.89. The zero-order chi connectivity index (χ0) is 14.1. The van der Waals surface area contributed by atoms with E-state index in [0.29, 0.717) is 0 Å². The Balaban J connectivity index is 2.08. The lowest BCUT2D eigenvalue weighted by Crippen LogP contribution is -2.03. The second-order valence-electron chi connectivity index (χ2n) is 5.15. The molecule has 0 saturated carbocycles. The Morgan fingerprint density at radius 2 is 1.85 bits per heavy atom. The van der Waals surface area contributed by atoms with Gasteiger partial charge in [0.05, 0.1) is 5.52 Å². The molecule has 3 aromatic rings. The molecule has 2 aromatic carbocycles. The molecular weight excluding hydrogens is 246 g/mol. The zero-order valence-corrected chi connectivity index (χ0v) is 11.7. The third-order valence-corrected chi connectivity index (χ3v) is 3.89. The maximum Gasteiger partial charge on any atom is 0.104 e. The maximum absolute atomic E-state index is 10.6. The molecule has 0 spiro atoms. The summed E-state index contributed by atoms with van der Waals surface area (Å²) < 4.78 is 0. The monoisotopic (exact) mass is 263 g/mol. The molecule has 1 unspecified atom stereocenters. The Kier molecular flexibility index (Phi) is 3.25. The van der Waals surface area contributed by atoms with Crippen LogP contribution in [0.1, 0.15) is 28.4 Å². The standard InChI is InChI=1S/C18H17NO/c1-12-5-3-7-16(13(12)2)18(20)15-9-8-14-6-4-10-19-17(14)11-15/h3-11,18,20H,1-2H3. The van der Waals surface area contributed by atoms with E-state index >= 15 is 0 Å². The fourth-order valence-electron chi connectivity index (χ4n) is 2.50. The van der Waals surface area contributed by atoms with E-state index in [2.05, 4.69) is 18.0 Å². The Labute approximate surface area is 118 Å². The highest BCUT2D eigenvalue weighted by molar-refractivity contribution is 5.79. The molecule has 1 N–H and O–H groups in total. The molecule has 20 heavy (non-hydrogen) atoms. The third kappa shape index (κ3) is 2.19. The summed E-state index contributed by atoms with van der Waals surface area (Å²) in [4.78, 5) is 4.35. The number of aliphatic hydroxyl groups excluding tert-OH is 1. The summed E-state index contributed by atoms with van der Waals surface area (Å²) in [5, 5.41) is 11.7. The van der Waals surface area contributed by atoms with Gasteiger partial charge in [-0.25, -0.2) is 0 Å². The van der Waals surface area contributed by atoms with Gasteiger partial charge in [0.15, 0.2) is 0 Å². The molecular formula is C18H17NO. The van der Waals surface area contributed by atoms with Crippen molar-refractivity contribution in [2.45, 2.75) is 20.0 Å². The van der Waals surface area contributed by atoms with Crippen molar-refractivity contribution >= 4 is 10.9 Å². The van der Waals surface area contributed by atoms with Gasteiger partial charge in [0.2, 0.25) is 0 Å². The number of aliphatic hydroxyl groups is 1. The van der Waals surface area contributed by atoms with Crippen LogP contribution in [0, 0.1) is 13.8 Å². The van der Waals surface area contributed by atoms with E-state index in [4.69, 9.17) is 0 Å². The van der Waals surface area contributed by atoms with Crippen molar-refractivity contribution in [1.82, 2.24) is 4.98 Å². The van der Waals surface area contributed by atoms with Crippen LogP contribution < -0.4 is 0 Å². The number of fused-ring (bicyclic) bond motifs is 1. The van der Waals surface area contributed by atoms with Crippen LogP contribution in [0.25, 0.3) is 10.9 Å². The summed E-state index contributed by atoms with van der Waals surface area (Å²) in [7, 11) is 0. The fraction of sp³-hybridized carbons (Fsp3) is 0.167. The first kappa shape index (κ1) is 12.8. The van der Waals surface area contributed by atoms with Crippen LogP contribution in [0.3, 0.4) is 0 Å². The van der Waals surface area contributed by atoms with Crippen LogP contribution in [0.2, 0.25) is 0 Å². The summed E-state index contributed by atoms with van der Waals surface area (Å²) >= 11 is 0. The number of aryl methyl sites for hydroxylation is 1. The predicted molar refractivity (Wildman–Crippen MR) is 81.7 cm³/mol. The van der Waals surface area contributed by atoms with Crippen molar-refractivity contribution in [3.63, 3.8) is 0 Å². The van der Waals surface area contributed by atoms with Gasteiger partial charge in [-0.05, 0) is 48.2 Å². The highest BCUT2D eigenvalue weighted by Crippen LogP contribution is 2.28. The lowest BCUT2D eigenvalue weighted by atomic mass is 9.94. The molecule has 0 aliphatic carbocycles. The lowest BCUT2D eigenvalue weighted by molar-refractivity contribution is 0.219. The average molecular weight is 263 g/mol. The Bertz CT molecular complexity index is 764. The first-order valence-electron chi connectivity index (χ1n) is 6.75. The van der Waals surface area contributed by atoms with E-state index in [9.17, 15) is 5.11 Å². The average Bonchev–Trinajstić information content (AvgIpc) is 2.49. The number of hydrogen-bond acceptors (Lipinski definition) is 2. The van der Waals surface area contributed by atoms with Crippen molar-refractivity contribution in [1.29, 1.82) is 0 Å². The first-order valence-corrected chi connectivity index (χ1v) is 6.75. The van der Waals surface area contributed by atoms with Crippen LogP contribution in [-0.4, -0.2) is 10.1 Å². The summed E-state index contributed by atoms with van der Waals surface area (Å²) in [6.45, 7) is 4.11. The molecule has 0 bridgehead atoms. The number of nitrogens with zero attached hydrogens (tertiary/aromatic N) is 1. The molecule has 0 amide bonds. The van der Waals surface area contributed by atoms with E-state index in [-0.39, 0.29) is 0 Å². The van der Waals surface area contributed by atoms with Gasteiger partial charge in [-0.2, -0.15) is 0 Å². The van der Waals surface area contributed by atoms with Crippen molar-refractivity contribution in [3.05, 3.63) is 77.0 Å². The van der Waals surface area contributed by atoms with Gasteiger partial charge in [-0.3, -0.25) is 4.98 Å². The van der Waals surface area contributed by atoms with Crippen LogP contribution in [0.4, 0.5) is 0 Å². The number of rotatable bonds is 2. The Hall–Kier alpha value is -2.19. The highest BCUT2D eigenvalue weighted by atomic mass is 16.3. The van der Waals surface area contributed by atoms with Crippen LogP contribution in [0.15, 0.2) is 54.7 Å². The van der Waals surface area contributed by atoms with Gasteiger partial charge in [0.1, 0.15) is 6.10 Å². The smallest absolute Gasteiger partial charge is 0.104 e. The summed E-state index contributed by atoms with van der Waals surface area (Å²) in [5.41, 5.74) is 5.08. The first-order chi connectivity index (χ1) is 9.66. The van der Waals surface area contributed by atoms with Crippen LogP contribution in [0.5, 0.6) is 0 Å². The maximum atomic E-state index is 10.6. The van der Waals surface area contributed by atoms with Gasteiger partial charge in [0.25, 0.3) is 0 Å². The van der Waals surface area contributed by atoms with E-state index in [1.54, 1.807) is 6.20 Å². The normalized spacial score (nSPS) is 12.6. The topological polar surface area (TPSA) is 33.1 Å². The predicted octanol–water partition coefficient (Wildman–Crippen LogP) is 3.93. The second kappa shape index (κ2) is 5.06. The van der Waals surface area contributed by atoms with E-state index in [0.717, 1.165) is 27.6 Å². The minimum absolute atomic E-state index is 0.610. The van der Waals surface area contributed by atoms with Crippen molar-refractivity contribution < 1.29 is 5.11 Å². The number of hydrogen-bond donors (Lipinski definition) is 1. The molecule has 2 nitrogen and oxygen atoms in total. The molecule has 0 aliphatic rings. The van der Waals surface area contributed by atoms with Gasteiger partial charge in [-0.15, -0.1) is 0 Å². The highest BCUT2D eigenvalue weighted by Gasteiger charge is 2.14. The summed E-state index contributed by atoms with van der Waals surface area (Å²) in [6, 6.07) is 15.9. The Morgan fingerprint density at radius 1 is 1.00 bits per heavy atom.